The molecule has 3 aromatic carbocycles. The average molecular weight is 319 g/mol. The Morgan fingerprint density at radius 1 is 1.04 bits per heavy atom. The third-order valence-corrected chi connectivity index (χ3v) is 4.09. The zero-order valence-corrected chi connectivity index (χ0v) is 12.7. The van der Waals surface area contributed by atoms with E-state index in [0.29, 0.717) is 17.4 Å². The summed E-state index contributed by atoms with van der Waals surface area (Å²) >= 11 is 0. The summed E-state index contributed by atoms with van der Waals surface area (Å²) in [4.78, 5) is 11.6. The van der Waals surface area contributed by atoms with E-state index in [4.69, 9.17) is 5.73 Å². The van der Waals surface area contributed by atoms with Crippen molar-refractivity contribution in [3.8, 4) is 0 Å². The van der Waals surface area contributed by atoms with Crippen LogP contribution in [-0.4, -0.2) is 15.7 Å². The molecule has 0 aliphatic carbocycles. The smallest absolute Gasteiger partial charge is 0.269 e. The SMILES string of the molecule is NC(=O)c1nn(Cc2ccc3ccccc3c2)c2ccc(F)cc12. The van der Waals surface area contributed by atoms with E-state index in [9.17, 15) is 9.18 Å². The normalized spacial score (nSPS) is 11.2. The van der Waals surface area contributed by atoms with E-state index in [0.717, 1.165) is 16.3 Å². The van der Waals surface area contributed by atoms with Crippen LogP contribution in [0.2, 0.25) is 0 Å². The molecule has 4 nitrogen and oxygen atoms in total. The lowest BCUT2D eigenvalue weighted by Crippen LogP contribution is -2.13. The number of halogens is 1. The molecule has 0 saturated heterocycles. The molecule has 0 aliphatic heterocycles. The first-order valence-corrected chi connectivity index (χ1v) is 7.55. The molecule has 24 heavy (non-hydrogen) atoms. The number of hydrogen-bond donors (Lipinski definition) is 1. The van der Waals surface area contributed by atoms with Gasteiger partial charge in [0.1, 0.15) is 5.82 Å². The molecule has 0 saturated carbocycles. The van der Waals surface area contributed by atoms with E-state index in [1.165, 1.54) is 12.1 Å². The molecule has 0 bridgehead atoms. The van der Waals surface area contributed by atoms with Crippen LogP contribution in [0.15, 0.2) is 60.7 Å². The number of aromatic nitrogens is 2. The molecule has 118 valence electrons. The van der Waals surface area contributed by atoms with Gasteiger partial charge >= 0.3 is 0 Å². The van der Waals surface area contributed by atoms with Crippen molar-refractivity contribution in [1.82, 2.24) is 9.78 Å². The van der Waals surface area contributed by atoms with Crippen molar-refractivity contribution in [2.45, 2.75) is 6.54 Å². The van der Waals surface area contributed by atoms with Gasteiger partial charge in [-0.15, -0.1) is 0 Å². The Balaban J connectivity index is 1.82. The standard InChI is InChI=1S/C19H14FN3O/c20-15-7-8-17-16(10-15)18(19(21)24)22-23(17)11-12-5-6-13-3-1-2-4-14(13)9-12/h1-10H,11H2,(H2,21,24). The summed E-state index contributed by atoms with van der Waals surface area (Å²) in [5, 5.41) is 7.01. The molecule has 0 fully saturated rings. The summed E-state index contributed by atoms with van der Waals surface area (Å²) < 4.78 is 15.2. The van der Waals surface area contributed by atoms with Gasteiger partial charge in [-0.25, -0.2) is 4.39 Å². The zero-order chi connectivity index (χ0) is 16.7. The summed E-state index contributed by atoms with van der Waals surface area (Å²) in [6.07, 6.45) is 0. The second-order valence-corrected chi connectivity index (χ2v) is 5.71. The van der Waals surface area contributed by atoms with Crippen LogP contribution in [0.5, 0.6) is 0 Å². The fourth-order valence-electron chi connectivity index (χ4n) is 2.96. The minimum Gasteiger partial charge on any atom is -0.364 e. The van der Waals surface area contributed by atoms with Crippen LogP contribution in [-0.2, 0) is 6.54 Å². The molecule has 1 heterocycles. The summed E-state index contributed by atoms with van der Waals surface area (Å²) in [5.74, 6) is -1.09. The van der Waals surface area contributed by atoms with Crippen molar-refractivity contribution < 1.29 is 9.18 Å². The van der Waals surface area contributed by atoms with Gasteiger partial charge in [0.05, 0.1) is 12.1 Å². The second-order valence-electron chi connectivity index (χ2n) is 5.71. The summed E-state index contributed by atoms with van der Waals surface area (Å²) in [6, 6.07) is 18.5. The van der Waals surface area contributed by atoms with E-state index < -0.39 is 11.7 Å². The maximum atomic E-state index is 13.5. The first-order chi connectivity index (χ1) is 11.6. The maximum absolute atomic E-state index is 13.5. The second kappa shape index (κ2) is 5.45. The lowest BCUT2D eigenvalue weighted by atomic mass is 10.1. The van der Waals surface area contributed by atoms with Gasteiger partial charge in [-0.3, -0.25) is 9.48 Å². The van der Waals surface area contributed by atoms with Crippen LogP contribution in [0.3, 0.4) is 0 Å². The molecule has 5 heteroatoms. The molecule has 0 atom stereocenters. The van der Waals surface area contributed by atoms with Gasteiger partial charge in [0.15, 0.2) is 5.69 Å². The van der Waals surface area contributed by atoms with Gasteiger partial charge in [-0.2, -0.15) is 5.10 Å². The number of amides is 1. The van der Waals surface area contributed by atoms with Crippen LogP contribution in [0, 0.1) is 5.82 Å². The van der Waals surface area contributed by atoms with E-state index in [1.807, 2.05) is 30.3 Å². The van der Waals surface area contributed by atoms with Crippen LogP contribution >= 0.6 is 0 Å². The minimum absolute atomic E-state index is 0.0882. The average Bonchev–Trinajstić information content (AvgIpc) is 2.92. The van der Waals surface area contributed by atoms with E-state index in [-0.39, 0.29) is 5.69 Å². The van der Waals surface area contributed by atoms with Crippen LogP contribution < -0.4 is 5.73 Å². The van der Waals surface area contributed by atoms with Gasteiger partial charge < -0.3 is 5.73 Å². The highest BCUT2D eigenvalue weighted by Crippen LogP contribution is 2.22. The van der Waals surface area contributed by atoms with Crippen molar-refractivity contribution in [3.63, 3.8) is 0 Å². The van der Waals surface area contributed by atoms with Gasteiger partial charge in [-0.1, -0.05) is 36.4 Å². The molecule has 0 spiro atoms. The third-order valence-electron chi connectivity index (χ3n) is 4.09. The maximum Gasteiger partial charge on any atom is 0.269 e. The highest BCUT2D eigenvalue weighted by molar-refractivity contribution is 6.04. The molecule has 4 rings (SSSR count). The number of carbonyl (C=O) groups excluding carboxylic acids is 1. The largest absolute Gasteiger partial charge is 0.364 e. The molecule has 1 amide bonds. The topological polar surface area (TPSA) is 60.9 Å². The van der Waals surface area contributed by atoms with Gasteiger partial charge in [0.2, 0.25) is 0 Å². The molecule has 0 unspecified atom stereocenters. The van der Waals surface area contributed by atoms with E-state index >= 15 is 0 Å². The number of rotatable bonds is 3. The quantitative estimate of drug-likeness (QED) is 0.628. The number of nitrogens with two attached hydrogens (primary N) is 1. The van der Waals surface area contributed by atoms with E-state index in [2.05, 4.69) is 17.2 Å². The Labute approximate surface area is 137 Å². The Morgan fingerprint density at radius 2 is 1.83 bits per heavy atom. The first-order valence-electron chi connectivity index (χ1n) is 7.55. The lowest BCUT2D eigenvalue weighted by Gasteiger charge is -2.06. The number of carbonyl (C=O) groups is 1. The van der Waals surface area contributed by atoms with E-state index in [1.54, 1.807) is 10.7 Å². The Morgan fingerprint density at radius 3 is 2.62 bits per heavy atom. The summed E-state index contributed by atoms with van der Waals surface area (Å²) in [6.45, 7) is 0.472. The van der Waals surface area contributed by atoms with Crippen LogP contribution in [0.1, 0.15) is 16.1 Å². The molecular weight excluding hydrogens is 305 g/mol. The Kier molecular flexibility index (Phi) is 3.27. The summed E-state index contributed by atoms with van der Waals surface area (Å²) in [5.41, 5.74) is 7.18. The zero-order valence-electron chi connectivity index (χ0n) is 12.7. The number of fused-ring (bicyclic) bond motifs is 2. The van der Waals surface area contributed by atoms with Crippen molar-refractivity contribution in [3.05, 3.63) is 77.7 Å². The van der Waals surface area contributed by atoms with Crippen LogP contribution in [0.4, 0.5) is 4.39 Å². The molecule has 0 aliphatic rings. The van der Waals surface area contributed by atoms with Gasteiger partial charge in [0.25, 0.3) is 5.91 Å². The predicted molar refractivity (Wildman–Crippen MR) is 91.3 cm³/mol. The van der Waals surface area contributed by atoms with Crippen molar-refractivity contribution in [2.75, 3.05) is 0 Å². The number of primary amides is 1. The van der Waals surface area contributed by atoms with Crippen molar-refractivity contribution >= 4 is 27.6 Å². The predicted octanol–water partition coefficient (Wildman–Crippen LogP) is 3.48. The fourth-order valence-corrected chi connectivity index (χ4v) is 2.96. The molecular formula is C19H14FN3O. The lowest BCUT2D eigenvalue weighted by molar-refractivity contribution is 0.0996. The number of nitrogens with zero attached hydrogens (tertiary/aromatic N) is 2. The highest BCUT2D eigenvalue weighted by atomic mass is 19.1. The van der Waals surface area contributed by atoms with Crippen molar-refractivity contribution in [1.29, 1.82) is 0 Å². The molecule has 4 aromatic rings. The van der Waals surface area contributed by atoms with Gasteiger partial charge in [0, 0.05) is 5.39 Å². The Bertz CT molecular complexity index is 1080. The third kappa shape index (κ3) is 2.40. The van der Waals surface area contributed by atoms with Crippen LogP contribution in [0.25, 0.3) is 21.7 Å². The molecule has 2 N–H and O–H groups in total. The van der Waals surface area contributed by atoms with Crippen molar-refractivity contribution in [2.24, 2.45) is 5.73 Å². The monoisotopic (exact) mass is 319 g/mol. The minimum atomic E-state index is -0.664. The van der Waals surface area contributed by atoms with Gasteiger partial charge in [-0.05, 0) is 40.6 Å². The fraction of sp³-hybridized carbons (Fsp3) is 0.0526. The summed E-state index contributed by atoms with van der Waals surface area (Å²) in [7, 11) is 0. The molecule has 0 radical (unpaired) electrons. The number of benzene rings is 3. The Hall–Kier alpha value is -3.21. The highest BCUT2D eigenvalue weighted by Gasteiger charge is 2.15. The molecule has 1 aromatic heterocycles. The number of hydrogen-bond acceptors (Lipinski definition) is 2. The first kappa shape index (κ1) is 14.4.